The van der Waals surface area contributed by atoms with E-state index in [4.69, 9.17) is 5.11 Å². The summed E-state index contributed by atoms with van der Waals surface area (Å²) in [5.41, 5.74) is 3.64. The van der Waals surface area contributed by atoms with E-state index in [1.54, 1.807) is 0 Å². The molecule has 0 unspecified atom stereocenters. The molecule has 132 valence electrons. The summed E-state index contributed by atoms with van der Waals surface area (Å²) in [4.78, 5) is 4.72. The Morgan fingerprint density at radius 3 is 2.43 bits per heavy atom. The molecule has 0 radical (unpaired) electrons. The summed E-state index contributed by atoms with van der Waals surface area (Å²) in [6.07, 6.45) is 0. The number of nitrogens with zero attached hydrogens (tertiary/aromatic N) is 4. The molecule has 2 N–H and O–H groups in total. The maximum Gasteiger partial charge on any atom is 0.0641 e. The van der Waals surface area contributed by atoms with Crippen LogP contribution in [-0.2, 0) is 13.6 Å². The summed E-state index contributed by atoms with van der Waals surface area (Å²) in [6, 6.07) is 0. The van der Waals surface area contributed by atoms with E-state index in [-0.39, 0.29) is 13.2 Å². The summed E-state index contributed by atoms with van der Waals surface area (Å²) in [5, 5.41) is 23.4. The average molecular weight is 324 g/mol. The van der Waals surface area contributed by atoms with Crippen LogP contribution in [0, 0.1) is 25.7 Å². The zero-order chi connectivity index (χ0) is 17.0. The summed E-state index contributed by atoms with van der Waals surface area (Å²) in [7, 11) is 1.99. The Kier molecular flexibility index (Phi) is 6.59. The maximum absolute atomic E-state index is 9.74. The van der Waals surface area contributed by atoms with Crippen molar-refractivity contribution in [2.24, 2.45) is 18.9 Å². The molecule has 0 amide bonds. The lowest BCUT2D eigenvalue weighted by Gasteiger charge is -2.25. The van der Waals surface area contributed by atoms with Crippen molar-refractivity contribution in [1.82, 2.24) is 19.6 Å². The van der Waals surface area contributed by atoms with E-state index < -0.39 is 0 Å². The second-order valence-electron chi connectivity index (χ2n) is 6.79. The molecule has 0 aromatic carbocycles. The van der Waals surface area contributed by atoms with Crippen molar-refractivity contribution in [3.8, 4) is 0 Å². The van der Waals surface area contributed by atoms with Gasteiger partial charge in [-0.3, -0.25) is 9.58 Å². The van der Waals surface area contributed by atoms with Gasteiger partial charge in [-0.25, -0.2) is 0 Å². The highest BCUT2D eigenvalue weighted by molar-refractivity contribution is 5.24. The largest absolute Gasteiger partial charge is 0.396 e. The van der Waals surface area contributed by atoms with Crippen LogP contribution in [0.5, 0.6) is 0 Å². The summed E-state index contributed by atoms with van der Waals surface area (Å²) < 4.78 is 1.95. The number of aryl methyl sites for hydroxylation is 2. The predicted octanol–water partition coefficient (Wildman–Crippen LogP) is 0.391. The quantitative estimate of drug-likeness (QED) is 0.724. The molecule has 0 spiro atoms. The van der Waals surface area contributed by atoms with Crippen LogP contribution in [0.2, 0.25) is 0 Å². The zero-order valence-electron chi connectivity index (χ0n) is 15.0. The summed E-state index contributed by atoms with van der Waals surface area (Å²) in [5.74, 6) is 0.781. The molecule has 6 nitrogen and oxygen atoms in total. The zero-order valence-corrected chi connectivity index (χ0v) is 15.0. The third-order valence-electron chi connectivity index (χ3n) is 5.28. The Morgan fingerprint density at radius 1 is 1.22 bits per heavy atom. The standard InChI is InChI=1S/C17H32N4O2/c1-5-20(6-7-22)8-15-9-21(10-16(15)12-23)11-17-13(2)18-19(4)14(17)3/h15-16,22-23H,5-12H2,1-4H3/t15-,16-/m1/s1. The molecule has 1 fully saturated rings. The van der Waals surface area contributed by atoms with Crippen LogP contribution in [0.1, 0.15) is 23.9 Å². The van der Waals surface area contributed by atoms with Gasteiger partial charge in [-0.05, 0) is 32.2 Å². The van der Waals surface area contributed by atoms with E-state index in [9.17, 15) is 5.11 Å². The van der Waals surface area contributed by atoms with Crippen molar-refractivity contribution in [2.75, 3.05) is 45.9 Å². The van der Waals surface area contributed by atoms with E-state index >= 15 is 0 Å². The topological polar surface area (TPSA) is 64.8 Å². The van der Waals surface area contributed by atoms with Crippen molar-refractivity contribution in [2.45, 2.75) is 27.3 Å². The van der Waals surface area contributed by atoms with Gasteiger partial charge in [-0.1, -0.05) is 6.92 Å². The van der Waals surface area contributed by atoms with Crippen molar-refractivity contribution in [3.05, 3.63) is 17.0 Å². The Balaban J connectivity index is 2.00. The molecule has 1 aromatic heterocycles. The van der Waals surface area contributed by atoms with Crippen LogP contribution in [0.15, 0.2) is 0 Å². The highest BCUT2D eigenvalue weighted by Crippen LogP contribution is 2.27. The smallest absolute Gasteiger partial charge is 0.0641 e. The van der Waals surface area contributed by atoms with Crippen molar-refractivity contribution < 1.29 is 10.2 Å². The number of likely N-dealkylation sites (N-methyl/N-ethyl adjacent to an activating group) is 1. The van der Waals surface area contributed by atoms with Crippen LogP contribution in [0.25, 0.3) is 0 Å². The van der Waals surface area contributed by atoms with E-state index in [1.165, 1.54) is 11.3 Å². The highest BCUT2D eigenvalue weighted by Gasteiger charge is 2.33. The Bertz CT molecular complexity index is 503. The van der Waals surface area contributed by atoms with E-state index in [1.807, 2.05) is 11.7 Å². The molecule has 23 heavy (non-hydrogen) atoms. The molecule has 2 rings (SSSR count). The highest BCUT2D eigenvalue weighted by atomic mass is 16.3. The Hall–Kier alpha value is -0.950. The van der Waals surface area contributed by atoms with Gasteiger partial charge in [0.15, 0.2) is 0 Å². The minimum atomic E-state index is 0.197. The van der Waals surface area contributed by atoms with Crippen LogP contribution in [-0.4, -0.2) is 75.7 Å². The molecule has 0 saturated carbocycles. The van der Waals surface area contributed by atoms with Crippen molar-refractivity contribution in [3.63, 3.8) is 0 Å². The second kappa shape index (κ2) is 8.24. The molecule has 1 aliphatic heterocycles. The number of rotatable bonds is 8. The van der Waals surface area contributed by atoms with Gasteiger partial charge in [0.25, 0.3) is 0 Å². The maximum atomic E-state index is 9.74. The molecule has 2 atom stereocenters. The third-order valence-corrected chi connectivity index (χ3v) is 5.28. The Morgan fingerprint density at radius 2 is 1.91 bits per heavy atom. The van der Waals surface area contributed by atoms with Crippen molar-refractivity contribution >= 4 is 0 Å². The first-order valence-electron chi connectivity index (χ1n) is 8.65. The SMILES string of the molecule is CCN(CCO)C[C@@H]1CN(Cc2c(C)nn(C)c2C)C[C@@H]1CO. The first-order valence-corrected chi connectivity index (χ1v) is 8.65. The first kappa shape index (κ1) is 18.4. The predicted molar refractivity (Wildman–Crippen MR) is 91.2 cm³/mol. The molecular formula is C17H32N4O2. The number of aliphatic hydroxyl groups is 2. The molecule has 2 heterocycles. The fourth-order valence-electron chi connectivity index (χ4n) is 3.70. The number of hydrogen-bond donors (Lipinski definition) is 2. The number of hydrogen-bond acceptors (Lipinski definition) is 5. The molecule has 0 aliphatic carbocycles. The average Bonchev–Trinajstić information content (AvgIpc) is 3.02. The first-order chi connectivity index (χ1) is 11.0. The lowest BCUT2D eigenvalue weighted by Crippen LogP contribution is -2.35. The monoisotopic (exact) mass is 324 g/mol. The molecule has 1 aromatic rings. The molecule has 6 heteroatoms. The lowest BCUT2D eigenvalue weighted by molar-refractivity contribution is 0.147. The van der Waals surface area contributed by atoms with Gasteiger partial charge in [0.05, 0.1) is 12.3 Å². The van der Waals surface area contributed by atoms with Crippen LogP contribution in [0.3, 0.4) is 0 Å². The van der Waals surface area contributed by atoms with Gasteiger partial charge >= 0.3 is 0 Å². The fourth-order valence-corrected chi connectivity index (χ4v) is 3.70. The van der Waals surface area contributed by atoms with Gasteiger partial charge in [-0.2, -0.15) is 5.10 Å². The number of aromatic nitrogens is 2. The molecule has 1 saturated heterocycles. The van der Waals surface area contributed by atoms with Gasteiger partial charge in [-0.15, -0.1) is 0 Å². The van der Waals surface area contributed by atoms with Crippen molar-refractivity contribution in [1.29, 1.82) is 0 Å². The number of likely N-dealkylation sites (tertiary alicyclic amines) is 1. The molecular weight excluding hydrogens is 292 g/mol. The summed E-state index contributed by atoms with van der Waals surface area (Å²) in [6.45, 7) is 12.2. The minimum absolute atomic E-state index is 0.197. The van der Waals surface area contributed by atoms with Gasteiger partial charge < -0.3 is 15.1 Å². The third kappa shape index (κ3) is 4.32. The van der Waals surface area contributed by atoms with Gasteiger partial charge in [0, 0.05) is 57.6 Å². The van der Waals surface area contributed by atoms with Gasteiger partial charge in [0.2, 0.25) is 0 Å². The van der Waals surface area contributed by atoms with Crippen LogP contribution >= 0.6 is 0 Å². The normalized spacial score (nSPS) is 22.4. The molecule has 0 bridgehead atoms. The van der Waals surface area contributed by atoms with Crippen LogP contribution < -0.4 is 0 Å². The molecule has 1 aliphatic rings. The second-order valence-corrected chi connectivity index (χ2v) is 6.79. The van der Waals surface area contributed by atoms with E-state index in [0.717, 1.165) is 38.4 Å². The fraction of sp³-hybridized carbons (Fsp3) is 0.824. The number of aliphatic hydroxyl groups excluding tert-OH is 2. The summed E-state index contributed by atoms with van der Waals surface area (Å²) >= 11 is 0. The van der Waals surface area contributed by atoms with Crippen LogP contribution in [0.4, 0.5) is 0 Å². The Labute approximate surface area is 139 Å². The minimum Gasteiger partial charge on any atom is -0.396 e. The van der Waals surface area contributed by atoms with Gasteiger partial charge in [0.1, 0.15) is 0 Å². The lowest BCUT2D eigenvalue weighted by atomic mass is 9.96. The van der Waals surface area contributed by atoms with E-state index in [2.05, 4.69) is 35.7 Å². The van der Waals surface area contributed by atoms with E-state index in [0.29, 0.717) is 18.4 Å².